The van der Waals surface area contributed by atoms with E-state index >= 15 is 0 Å². The molecule has 0 radical (unpaired) electrons. The SMILES string of the molecule is CSc1nc(N)cc(N2CCC(OCCO)CC2)n1. The van der Waals surface area contributed by atoms with Crippen molar-refractivity contribution in [2.45, 2.75) is 24.1 Å². The normalized spacial score (nSPS) is 16.8. The number of aliphatic hydroxyl groups excluding tert-OH is 1. The first-order valence-corrected chi connectivity index (χ1v) is 7.61. The molecule has 7 heteroatoms. The van der Waals surface area contributed by atoms with Crippen molar-refractivity contribution in [2.75, 3.05) is 43.2 Å². The van der Waals surface area contributed by atoms with Crippen molar-refractivity contribution in [1.29, 1.82) is 0 Å². The molecule has 19 heavy (non-hydrogen) atoms. The Labute approximate surface area is 117 Å². The van der Waals surface area contributed by atoms with E-state index in [1.165, 1.54) is 11.8 Å². The molecule has 1 saturated heterocycles. The molecular weight excluding hydrogens is 264 g/mol. The first-order valence-electron chi connectivity index (χ1n) is 6.39. The van der Waals surface area contributed by atoms with Crippen LogP contribution in [0.3, 0.4) is 0 Å². The first-order chi connectivity index (χ1) is 9.22. The first kappa shape index (κ1) is 14.4. The molecule has 0 atom stereocenters. The van der Waals surface area contributed by atoms with E-state index < -0.39 is 0 Å². The zero-order valence-electron chi connectivity index (χ0n) is 11.1. The van der Waals surface area contributed by atoms with Crippen LogP contribution in [-0.4, -0.2) is 53.7 Å². The number of thioether (sulfide) groups is 1. The second kappa shape index (κ2) is 6.93. The van der Waals surface area contributed by atoms with E-state index in [4.69, 9.17) is 15.6 Å². The van der Waals surface area contributed by atoms with Crippen LogP contribution in [0.5, 0.6) is 0 Å². The third-order valence-electron chi connectivity index (χ3n) is 3.11. The summed E-state index contributed by atoms with van der Waals surface area (Å²) >= 11 is 1.49. The van der Waals surface area contributed by atoms with Crippen LogP contribution in [-0.2, 0) is 4.74 Å². The molecule has 0 aliphatic carbocycles. The van der Waals surface area contributed by atoms with E-state index in [2.05, 4.69) is 14.9 Å². The van der Waals surface area contributed by atoms with Crippen LogP contribution in [0.15, 0.2) is 11.2 Å². The fraction of sp³-hybridized carbons (Fsp3) is 0.667. The van der Waals surface area contributed by atoms with Crippen molar-refractivity contribution in [3.8, 4) is 0 Å². The van der Waals surface area contributed by atoms with E-state index in [1.807, 2.05) is 12.3 Å². The molecule has 1 fully saturated rings. The van der Waals surface area contributed by atoms with Crippen molar-refractivity contribution < 1.29 is 9.84 Å². The molecule has 1 aliphatic heterocycles. The van der Waals surface area contributed by atoms with E-state index in [9.17, 15) is 0 Å². The van der Waals surface area contributed by atoms with Gasteiger partial charge >= 0.3 is 0 Å². The lowest BCUT2D eigenvalue weighted by Crippen LogP contribution is -2.38. The Morgan fingerprint density at radius 2 is 2.21 bits per heavy atom. The Morgan fingerprint density at radius 1 is 1.47 bits per heavy atom. The number of aliphatic hydroxyl groups is 1. The van der Waals surface area contributed by atoms with Crippen molar-refractivity contribution in [1.82, 2.24) is 9.97 Å². The van der Waals surface area contributed by atoms with Gasteiger partial charge in [-0.15, -0.1) is 0 Å². The Bertz CT molecular complexity index is 411. The molecule has 0 aromatic carbocycles. The minimum absolute atomic E-state index is 0.0831. The number of nitrogens with zero attached hydrogens (tertiary/aromatic N) is 3. The van der Waals surface area contributed by atoms with Crippen LogP contribution >= 0.6 is 11.8 Å². The molecule has 0 bridgehead atoms. The summed E-state index contributed by atoms with van der Waals surface area (Å²) in [5.41, 5.74) is 5.79. The molecule has 1 aromatic heterocycles. The Hall–Kier alpha value is -1.05. The highest BCUT2D eigenvalue weighted by molar-refractivity contribution is 7.98. The second-order valence-corrected chi connectivity index (χ2v) is 5.19. The minimum atomic E-state index is 0.0831. The summed E-state index contributed by atoms with van der Waals surface area (Å²) in [6.45, 7) is 2.28. The Balaban J connectivity index is 1.95. The summed E-state index contributed by atoms with van der Waals surface area (Å²) < 4.78 is 5.55. The second-order valence-electron chi connectivity index (χ2n) is 4.42. The van der Waals surface area contributed by atoms with Crippen LogP contribution in [0.25, 0.3) is 0 Å². The predicted octanol–water partition coefficient (Wildman–Crippen LogP) is 0.758. The standard InChI is InChI=1S/C12H20N4O2S/c1-19-12-14-10(13)8-11(15-12)16-4-2-9(3-5-16)18-7-6-17/h8-9,17H,2-7H2,1H3,(H2,13,14,15). The number of anilines is 2. The zero-order chi connectivity index (χ0) is 13.7. The van der Waals surface area contributed by atoms with E-state index in [-0.39, 0.29) is 12.7 Å². The lowest BCUT2D eigenvalue weighted by atomic mass is 10.1. The van der Waals surface area contributed by atoms with Gasteiger partial charge in [-0.3, -0.25) is 0 Å². The Kier molecular flexibility index (Phi) is 5.24. The molecule has 0 unspecified atom stereocenters. The highest BCUT2D eigenvalue weighted by atomic mass is 32.2. The third kappa shape index (κ3) is 3.95. The number of piperidine rings is 1. The molecule has 106 valence electrons. The topological polar surface area (TPSA) is 84.5 Å². The van der Waals surface area contributed by atoms with Gasteiger partial charge in [0.15, 0.2) is 5.16 Å². The highest BCUT2D eigenvalue weighted by Gasteiger charge is 2.21. The zero-order valence-corrected chi connectivity index (χ0v) is 11.9. The van der Waals surface area contributed by atoms with Crippen molar-refractivity contribution in [3.05, 3.63) is 6.07 Å². The summed E-state index contributed by atoms with van der Waals surface area (Å²) in [6, 6.07) is 1.81. The van der Waals surface area contributed by atoms with Gasteiger partial charge in [-0.2, -0.15) is 0 Å². The lowest BCUT2D eigenvalue weighted by molar-refractivity contribution is 0.0158. The summed E-state index contributed by atoms with van der Waals surface area (Å²) in [7, 11) is 0. The number of aromatic nitrogens is 2. The molecule has 0 amide bonds. The highest BCUT2D eigenvalue weighted by Crippen LogP contribution is 2.23. The van der Waals surface area contributed by atoms with E-state index in [1.54, 1.807) is 0 Å². The smallest absolute Gasteiger partial charge is 0.191 e. The van der Waals surface area contributed by atoms with Gasteiger partial charge in [-0.05, 0) is 19.1 Å². The van der Waals surface area contributed by atoms with Crippen molar-refractivity contribution in [2.24, 2.45) is 0 Å². The molecule has 1 aliphatic rings. The lowest BCUT2D eigenvalue weighted by Gasteiger charge is -2.32. The summed E-state index contributed by atoms with van der Waals surface area (Å²) in [4.78, 5) is 10.8. The molecule has 6 nitrogen and oxygen atoms in total. The van der Waals surface area contributed by atoms with Crippen molar-refractivity contribution in [3.63, 3.8) is 0 Å². The van der Waals surface area contributed by atoms with E-state index in [0.717, 1.165) is 31.7 Å². The van der Waals surface area contributed by atoms with Gasteiger partial charge < -0.3 is 20.5 Å². The van der Waals surface area contributed by atoms with Gasteiger partial charge in [0.1, 0.15) is 11.6 Å². The van der Waals surface area contributed by atoms with Gasteiger partial charge in [0.05, 0.1) is 19.3 Å². The number of nitrogens with two attached hydrogens (primary N) is 1. The van der Waals surface area contributed by atoms with Crippen molar-refractivity contribution >= 4 is 23.4 Å². The number of nitrogen functional groups attached to an aromatic ring is 1. The molecule has 2 rings (SSSR count). The fourth-order valence-electron chi connectivity index (χ4n) is 2.15. The van der Waals surface area contributed by atoms with E-state index in [0.29, 0.717) is 17.6 Å². The Morgan fingerprint density at radius 3 is 2.84 bits per heavy atom. The maximum atomic E-state index is 8.75. The fourth-order valence-corrected chi connectivity index (χ4v) is 2.54. The summed E-state index contributed by atoms with van der Waals surface area (Å²) in [6.07, 6.45) is 4.06. The molecule has 0 saturated carbocycles. The number of hydrogen-bond donors (Lipinski definition) is 2. The quantitative estimate of drug-likeness (QED) is 0.610. The van der Waals surface area contributed by atoms with Crippen LogP contribution in [0.2, 0.25) is 0 Å². The monoisotopic (exact) mass is 284 g/mol. The average molecular weight is 284 g/mol. The van der Waals surface area contributed by atoms with Gasteiger partial charge in [0, 0.05) is 19.2 Å². The van der Waals surface area contributed by atoms with Gasteiger partial charge in [0.2, 0.25) is 0 Å². The average Bonchev–Trinajstić information content (AvgIpc) is 2.45. The molecule has 3 N–H and O–H groups in total. The largest absolute Gasteiger partial charge is 0.394 e. The molecule has 2 heterocycles. The van der Waals surface area contributed by atoms with Crippen LogP contribution in [0.1, 0.15) is 12.8 Å². The number of ether oxygens (including phenoxy) is 1. The van der Waals surface area contributed by atoms with Gasteiger partial charge in [-0.1, -0.05) is 11.8 Å². The molecule has 1 aromatic rings. The van der Waals surface area contributed by atoms with Gasteiger partial charge in [0.25, 0.3) is 0 Å². The van der Waals surface area contributed by atoms with Crippen LogP contribution in [0.4, 0.5) is 11.6 Å². The van der Waals surface area contributed by atoms with Crippen LogP contribution in [0, 0.1) is 0 Å². The predicted molar refractivity (Wildman–Crippen MR) is 76.5 cm³/mol. The maximum absolute atomic E-state index is 8.75. The maximum Gasteiger partial charge on any atom is 0.191 e. The number of rotatable bonds is 5. The summed E-state index contributed by atoms with van der Waals surface area (Å²) in [5, 5.41) is 9.45. The molecular formula is C12H20N4O2S. The third-order valence-corrected chi connectivity index (χ3v) is 3.65. The van der Waals surface area contributed by atoms with Crippen LogP contribution < -0.4 is 10.6 Å². The molecule has 0 spiro atoms. The van der Waals surface area contributed by atoms with Gasteiger partial charge in [-0.25, -0.2) is 9.97 Å². The number of hydrogen-bond acceptors (Lipinski definition) is 7. The summed E-state index contributed by atoms with van der Waals surface area (Å²) in [5.74, 6) is 1.39. The minimum Gasteiger partial charge on any atom is -0.394 e.